The Morgan fingerprint density at radius 1 is 0.905 bits per heavy atom. The quantitative estimate of drug-likeness (QED) is 0.205. The fraction of sp³-hybridized carbons (Fsp3) is 0.333. The minimum absolute atomic E-state index is 0.0385. The molecule has 3 aromatic rings. The van der Waals surface area contributed by atoms with Gasteiger partial charge in [-0.05, 0) is 53.9 Å². The van der Waals surface area contributed by atoms with Crippen LogP contribution in [-0.2, 0) is 20.9 Å². The average Bonchev–Trinajstić information content (AvgIpc) is 3.29. The lowest BCUT2D eigenvalue weighted by Gasteiger charge is -2.29. The first kappa shape index (κ1) is 29.2. The molecule has 0 bridgehead atoms. The van der Waals surface area contributed by atoms with Gasteiger partial charge in [-0.3, -0.25) is 14.5 Å². The van der Waals surface area contributed by atoms with Gasteiger partial charge in [-0.25, -0.2) is 0 Å². The van der Waals surface area contributed by atoms with Crippen molar-refractivity contribution in [1.82, 2.24) is 9.80 Å². The van der Waals surface area contributed by atoms with Gasteiger partial charge in [0.2, 0.25) is 0 Å². The van der Waals surface area contributed by atoms with E-state index in [1.54, 1.807) is 55.5 Å². The lowest BCUT2D eigenvalue weighted by atomic mass is 9.95. The zero-order chi connectivity index (χ0) is 29.5. The Balaban J connectivity index is 1.47. The molecule has 2 fully saturated rings. The topological polar surface area (TPSA) is 97.8 Å². The number of methoxy groups -OCH3 is 2. The second kappa shape index (κ2) is 13.5. The molecule has 3 aromatic carbocycles. The lowest BCUT2D eigenvalue weighted by molar-refractivity contribution is -0.140. The highest BCUT2D eigenvalue weighted by Gasteiger charge is 2.46. The van der Waals surface area contributed by atoms with Crippen LogP contribution < -0.4 is 14.2 Å². The molecule has 42 heavy (non-hydrogen) atoms. The van der Waals surface area contributed by atoms with Crippen molar-refractivity contribution in [2.75, 3.05) is 53.6 Å². The highest BCUT2D eigenvalue weighted by molar-refractivity contribution is 6.46. The van der Waals surface area contributed by atoms with Crippen LogP contribution in [0.4, 0.5) is 0 Å². The fourth-order valence-corrected chi connectivity index (χ4v) is 5.36. The van der Waals surface area contributed by atoms with Crippen molar-refractivity contribution in [2.45, 2.75) is 19.1 Å². The van der Waals surface area contributed by atoms with Crippen LogP contribution in [-0.4, -0.2) is 80.2 Å². The number of hydrogen-bond acceptors (Lipinski definition) is 8. The van der Waals surface area contributed by atoms with E-state index in [2.05, 4.69) is 4.90 Å². The number of amides is 1. The van der Waals surface area contributed by atoms with E-state index in [4.69, 9.17) is 18.9 Å². The Labute approximate surface area is 245 Å². The van der Waals surface area contributed by atoms with Crippen LogP contribution in [0.3, 0.4) is 0 Å². The summed E-state index contributed by atoms with van der Waals surface area (Å²) in [5.74, 6) is 0.0160. The molecule has 0 saturated carbocycles. The van der Waals surface area contributed by atoms with Crippen molar-refractivity contribution < 1.29 is 33.6 Å². The van der Waals surface area contributed by atoms with E-state index in [0.29, 0.717) is 61.2 Å². The van der Waals surface area contributed by atoms with Crippen molar-refractivity contribution in [3.63, 3.8) is 0 Å². The number of Topliss-reactive ketones (excluding diaryl/α,β-unsaturated/α-hetero) is 1. The Kier molecular flexibility index (Phi) is 9.41. The molecule has 1 N–H and O–H groups in total. The second-order valence-electron chi connectivity index (χ2n) is 10.2. The zero-order valence-corrected chi connectivity index (χ0v) is 24.0. The van der Waals surface area contributed by atoms with E-state index < -0.39 is 17.7 Å². The maximum Gasteiger partial charge on any atom is 0.295 e. The summed E-state index contributed by atoms with van der Waals surface area (Å²) >= 11 is 0. The summed E-state index contributed by atoms with van der Waals surface area (Å²) < 4.78 is 22.4. The summed E-state index contributed by atoms with van der Waals surface area (Å²) in [7, 11) is 3.10. The first-order chi connectivity index (χ1) is 20.5. The first-order valence-corrected chi connectivity index (χ1v) is 14.1. The normalized spacial score (nSPS) is 18.7. The van der Waals surface area contributed by atoms with E-state index in [9.17, 15) is 14.7 Å². The third-order valence-corrected chi connectivity index (χ3v) is 7.62. The average molecular weight is 573 g/mol. The van der Waals surface area contributed by atoms with Crippen LogP contribution in [0, 0.1) is 0 Å². The van der Waals surface area contributed by atoms with Crippen LogP contribution in [0.25, 0.3) is 5.76 Å². The smallest absolute Gasteiger partial charge is 0.295 e. The number of ketones is 1. The molecule has 0 aromatic heterocycles. The SMILES string of the molecule is COc1ccc(/C(O)=C2\C(=O)C(=O)N(CCCN3CCOCC3)C2c2ccc(OCc3ccccc3)c(OC)c2)cc1. The van der Waals surface area contributed by atoms with Gasteiger partial charge < -0.3 is 29.0 Å². The molecule has 0 aliphatic carbocycles. The van der Waals surface area contributed by atoms with Crippen molar-refractivity contribution in [3.05, 3.63) is 95.1 Å². The summed E-state index contributed by atoms with van der Waals surface area (Å²) in [6, 6.07) is 21.1. The van der Waals surface area contributed by atoms with Gasteiger partial charge in [0, 0.05) is 31.7 Å². The maximum absolute atomic E-state index is 13.5. The Morgan fingerprint density at radius 2 is 1.64 bits per heavy atom. The van der Waals surface area contributed by atoms with Crippen LogP contribution in [0.2, 0.25) is 0 Å². The lowest BCUT2D eigenvalue weighted by Crippen LogP contribution is -2.39. The van der Waals surface area contributed by atoms with Gasteiger partial charge >= 0.3 is 0 Å². The van der Waals surface area contributed by atoms with E-state index in [-0.39, 0.29) is 11.3 Å². The molecule has 1 atom stereocenters. The summed E-state index contributed by atoms with van der Waals surface area (Å²) in [4.78, 5) is 30.7. The third-order valence-electron chi connectivity index (χ3n) is 7.62. The number of rotatable bonds is 11. The summed E-state index contributed by atoms with van der Waals surface area (Å²) in [5, 5.41) is 11.4. The van der Waals surface area contributed by atoms with E-state index in [0.717, 1.165) is 25.2 Å². The molecule has 2 heterocycles. The van der Waals surface area contributed by atoms with Crippen molar-refractivity contribution >= 4 is 17.4 Å². The number of hydrogen-bond donors (Lipinski definition) is 1. The number of carbonyl (C=O) groups excluding carboxylic acids is 2. The minimum atomic E-state index is -0.797. The molecule has 2 saturated heterocycles. The number of morpholine rings is 1. The Hall–Kier alpha value is -4.34. The molecule has 0 spiro atoms. The number of carbonyl (C=O) groups is 2. The van der Waals surface area contributed by atoms with Crippen molar-refractivity contribution in [2.24, 2.45) is 0 Å². The van der Waals surface area contributed by atoms with Crippen LogP contribution in [0.1, 0.15) is 29.2 Å². The fourth-order valence-electron chi connectivity index (χ4n) is 5.36. The largest absolute Gasteiger partial charge is 0.507 e. The highest BCUT2D eigenvalue weighted by atomic mass is 16.5. The van der Waals surface area contributed by atoms with E-state index in [1.165, 1.54) is 0 Å². The number of likely N-dealkylation sites (tertiary alicyclic amines) is 1. The van der Waals surface area contributed by atoms with Crippen LogP contribution in [0.5, 0.6) is 17.2 Å². The van der Waals surface area contributed by atoms with Gasteiger partial charge in [-0.2, -0.15) is 0 Å². The molecule has 1 unspecified atom stereocenters. The summed E-state index contributed by atoms with van der Waals surface area (Å²) in [6.07, 6.45) is 0.668. The molecule has 9 heteroatoms. The zero-order valence-electron chi connectivity index (χ0n) is 24.0. The monoisotopic (exact) mass is 572 g/mol. The van der Waals surface area contributed by atoms with Crippen LogP contribution in [0.15, 0.2) is 78.4 Å². The van der Waals surface area contributed by atoms with Gasteiger partial charge in [0.05, 0.1) is 39.0 Å². The molecule has 220 valence electrons. The molecular weight excluding hydrogens is 536 g/mol. The summed E-state index contributed by atoms with van der Waals surface area (Å²) in [6.45, 7) is 4.51. The highest BCUT2D eigenvalue weighted by Crippen LogP contribution is 2.42. The number of benzene rings is 3. The minimum Gasteiger partial charge on any atom is -0.507 e. The van der Waals surface area contributed by atoms with Crippen LogP contribution >= 0.6 is 0 Å². The van der Waals surface area contributed by atoms with Crippen molar-refractivity contribution in [3.8, 4) is 17.2 Å². The predicted molar refractivity (Wildman–Crippen MR) is 158 cm³/mol. The van der Waals surface area contributed by atoms with Gasteiger partial charge in [0.15, 0.2) is 11.5 Å². The molecule has 0 radical (unpaired) electrons. The van der Waals surface area contributed by atoms with Gasteiger partial charge in [-0.1, -0.05) is 36.4 Å². The molecule has 1 amide bonds. The van der Waals surface area contributed by atoms with E-state index >= 15 is 0 Å². The summed E-state index contributed by atoms with van der Waals surface area (Å²) in [5.41, 5.74) is 2.11. The first-order valence-electron chi connectivity index (χ1n) is 14.1. The Morgan fingerprint density at radius 3 is 2.33 bits per heavy atom. The van der Waals surface area contributed by atoms with Gasteiger partial charge in [-0.15, -0.1) is 0 Å². The maximum atomic E-state index is 13.5. The number of aliphatic hydroxyl groups is 1. The molecular formula is C33H36N2O7. The van der Waals surface area contributed by atoms with Gasteiger partial charge in [0.1, 0.15) is 18.1 Å². The number of ether oxygens (including phenoxy) is 4. The predicted octanol–water partition coefficient (Wildman–Crippen LogP) is 4.43. The standard InChI is InChI=1S/C33H36N2O7/c1-39-26-12-9-24(10-13-26)31(36)29-30(35(33(38)32(29)37)16-6-15-34-17-19-41-20-18-34)25-11-14-27(28(21-25)40-2)42-22-23-7-4-3-5-8-23/h3-5,7-14,21,30,36H,6,15-20,22H2,1-2H3/b31-29+. The van der Waals surface area contributed by atoms with Gasteiger partial charge in [0.25, 0.3) is 11.7 Å². The molecule has 2 aliphatic rings. The second-order valence-corrected chi connectivity index (χ2v) is 10.2. The Bertz CT molecular complexity index is 1420. The number of nitrogens with zero attached hydrogens (tertiary/aromatic N) is 2. The number of aliphatic hydroxyl groups excluding tert-OH is 1. The van der Waals surface area contributed by atoms with E-state index in [1.807, 2.05) is 36.4 Å². The molecule has 2 aliphatic heterocycles. The molecule has 5 rings (SSSR count). The van der Waals surface area contributed by atoms with Crippen molar-refractivity contribution in [1.29, 1.82) is 0 Å². The third kappa shape index (κ3) is 6.42. The molecule has 9 nitrogen and oxygen atoms in total.